The van der Waals surface area contributed by atoms with Crippen molar-refractivity contribution in [1.29, 1.82) is 0 Å². The van der Waals surface area contributed by atoms with Gasteiger partial charge in [-0.05, 0) is 24.3 Å². The Hall–Kier alpha value is -0.920. The predicted molar refractivity (Wildman–Crippen MR) is 84.9 cm³/mol. The van der Waals surface area contributed by atoms with Crippen molar-refractivity contribution in [1.82, 2.24) is 4.90 Å². The quantitative estimate of drug-likeness (QED) is 0.858. The topological polar surface area (TPSA) is 80.5 Å². The molecule has 21 heavy (non-hydrogen) atoms. The van der Waals surface area contributed by atoms with E-state index in [2.05, 4.69) is 0 Å². The zero-order chi connectivity index (χ0) is 15.5. The molecule has 0 aromatic carbocycles. The van der Waals surface area contributed by atoms with E-state index in [-0.39, 0.29) is 23.5 Å². The number of rotatable bonds is 6. The average molecular weight is 330 g/mol. The molecule has 5 nitrogen and oxygen atoms in total. The van der Waals surface area contributed by atoms with Gasteiger partial charge in [0.05, 0.1) is 11.5 Å². The fraction of sp³-hybridized carbons (Fsp3) is 0.643. The first-order valence-electron chi connectivity index (χ1n) is 7.24. The maximum Gasteiger partial charge on any atom is 0.245 e. The summed E-state index contributed by atoms with van der Waals surface area (Å²) < 4.78 is 23.3. The summed E-state index contributed by atoms with van der Waals surface area (Å²) in [5.74, 6) is 0.0783. The number of hydrogen-bond acceptors (Lipinski definition) is 5. The van der Waals surface area contributed by atoms with Gasteiger partial charge in [0, 0.05) is 17.5 Å². The molecule has 1 aromatic heterocycles. The van der Waals surface area contributed by atoms with Crippen LogP contribution in [-0.2, 0) is 14.6 Å². The van der Waals surface area contributed by atoms with Crippen molar-refractivity contribution < 1.29 is 13.2 Å². The molecule has 0 spiro atoms. The number of thiophene rings is 1. The number of carbonyl (C=O) groups is 1. The highest BCUT2D eigenvalue weighted by Gasteiger charge is 2.36. The van der Waals surface area contributed by atoms with Crippen LogP contribution in [0.2, 0.25) is 0 Å². The minimum absolute atomic E-state index is 0.0691. The molecule has 0 aliphatic carbocycles. The van der Waals surface area contributed by atoms with Crippen LogP contribution in [0.25, 0.3) is 0 Å². The lowest BCUT2D eigenvalue weighted by molar-refractivity contribution is -0.134. The summed E-state index contributed by atoms with van der Waals surface area (Å²) >= 11 is 1.45. The molecule has 2 rings (SSSR count). The van der Waals surface area contributed by atoms with Crippen molar-refractivity contribution in [2.75, 3.05) is 18.1 Å². The van der Waals surface area contributed by atoms with Crippen LogP contribution in [0.3, 0.4) is 0 Å². The molecule has 0 bridgehead atoms. The smallest absolute Gasteiger partial charge is 0.245 e. The van der Waals surface area contributed by atoms with Crippen molar-refractivity contribution >= 4 is 27.1 Å². The zero-order valence-electron chi connectivity index (χ0n) is 12.2. The molecule has 2 unspecified atom stereocenters. The first-order chi connectivity index (χ1) is 9.94. The van der Waals surface area contributed by atoms with E-state index in [1.807, 2.05) is 24.4 Å². The number of carbonyl (C=O) groups excluding carboxylic acids is 1. The molecule has 1 aliphatic heterocycles. The third-order valence-electron chi connectivity index (χ3n) is 3.80. The summed E-state index contributed by atoms with van der Waals surface area (Å²) in [6.07, 6.45) is 2.34. The number of amides is 1. The standard InChI is InChI=1S/C14H22N2O3S2/c1-2-3-7-16(11-6-9-21(18,19)10-11)14(17)13(15)12-5-4-8-20-12/h4-5,8,11,13H,2-3,6-7,9-10,15H2,1H3. The van der Waals surface area contributed by atoms with Crippen LogP contribution in [0.4, 0.5) is 0 Å². The minimum atomic E-state index is -3.01. The highest BCUT2D eigenvalue weighted by Crippen LogP contribution is 2.24. The van der Waals surface area contributed by atoms with E-state index < -0.39 is 15.9 Å². The molecule has 0 radical (unpaired) electrons. The predicted octanol–water partition coefficient (Wildman–Crippen LogP) is 1.56. The van der Waals surface area contributed by atoms with Crippen molar-refractivity contribution in [2.24, 2.45) is 5.73 Å². The number of unbranched alkanes of at least 4 members (excludes halogenated alkanes) is 1. The normalized spacial score (nSPS) is 22.1. The van der Waals surface area contributed by atoms with Crippen LogP contribution < -0.4 is 5.73 Å². The fourth-order valence-electron chi connectivity index (χ4n) is 2.59. The molecule has 2 heterocycles. The number of sulfone groups is 1. The Kier molecular flexibility index (Phi) is 5.40. The Balaban J connectivity index is 2.13. The van der Waals surface area contributed by atoms with E-state index >= 15 is 0 Å². The number of nitrogens with zero attached hydrogens (tertiary/aromatic N) is 1. The Morgan fingerprint density at radius 3 is 2.86 bits per heavy atom. The Morgan fingerprint density at radius 2 is 2.33 bits per heavy atom. The lowest BCUT2D eigenvalue weighted by atomic mass is 10.1. The van der Waals surface area contributed by atoms with Gasteiger partial charge in [-0.3, -0.25) is 4.79 Å². The second-order valence-corrected chi connectivity index (χ2v) is 8.64. The van der Waals surface area contributed by atoms with Crippen molar-refractivity contribution in [3.63, 3.8) is 0 Å². The highest BCUT2D eigenvalue weighted by molar-refractivity contribution is 7.91. The summed E-state index contributed by atoms with van der Waals surface area (Å²) in [6.45, 7) is 2.63. The van der Waals surface area contributed by atoms with E-state index in [0.717, 1.165) is 17.7 Å². The van der Waals surface area contributed by atoms with Crippen LogP contribution in [0.15, 0.2) is 17.5 Å². The van der Waals surface area contributed by atoms with Gasteiger partial charge in [-0.15, -0.1) is 11.3 Å². The Bertz CT molecular complexity index is 569. The van der Waals surface area contributed by atoms with Crippen molar-refractivity contribution in [2.45, 2.75) is 38.3 Å². The number of nitrogens with two attached hydrogens (primary N) is 1. The molecule has 1 fully saturated rings. The first-order valence-corrected chi connectivity index (χ1v) is 9.94. The summed E-state index contributed by atoms with van der Waals surface area (Å²) in [4.78, 5) is 15.2. The zero-order valence-corrected chi connectivity index (χ0v) is 13.8. The molecule has 7 heteroatoms. The highest BCUT2D eigenvalue weighted by atomic mass is 32.2. The Labute approximate surface area is 130 Å². The maximum atomic E-state index is 12.7. The van der Waals surface area contributed by atoms with Gasteiger partial charge < -0.3 is 10.6 Å². The third kappa shape index (κ3) is 4.05. The monoisotopic (exact) mass is 330 g/mol. The second kappa shape index (κ2) is 6.89. The van der Waals surface area contributed by atoms with Gasteiger partial charge in [-0.2, -0.15) is 0 Å². The average Bonchev–Trinajstić information content (AvgIpc) is 3.08. The molecule has 0 saturated carbocycles. The van der Waals surface area contributed by atoms with Crippen LogP contribution >= 0.6 is 11.3 Å². The third-order valence-corrected chi connectivity index (χ3v) is 6.51. The van der Waals surface area contributed by atoms with Gasteiger partial charge in [0.15, 0.2) is 9.84 Å². The van der Waals surface area contributed by atoms with Crippen LogP contribution in [-0.4, -0.2) is 43.3 Å². The second-order valence-electron chi connectivity index (χ2n) is 5.44. The largest absolute Gasteiger partial charge is 0.337 e. The number of hydrogen-bond donors (Lipinski definition) is 1. The van der Waals surface area contributed by atoms with Gasteiger partial charge in [-0.25, -0.2) is 8.42 Å². The molecular formula is C14H22N2O3S2. The first kappa shape index (κ1) is 16.5. The van der Waals surface area contributed by atoms with Crippen molar-refractivity contribution in [3.8, 4) is 0 Å². The van der Waals surface area contributed by atoms with Crippen LogP contribution in [0, 0.1) is 0 Å². The van der Waals surface area contributed by atoms with E-state index in [1.54, 1.807) is 4.90 Å². The van der Waals surface area contributed by atoms with Crippen molar-refractivity contribution in [3.05, 3.63) is 22.4 Å². The van der Waals surface area contributed by atoms with E-state index in [1.165, 1.54) is 11.3 Å². The molecule has 1 amide bonds. The summed E-state index contributed by atoms with van der Waals surface area (Å²) in [5.41, 5.74) is 6.06. The van der Waals surface area contributed by atoms with E-state index in [9.17, 15) is 13.2 Å². The lowest BCUT2D eigenvalue weighted by Gasteiger charge is -2.30. The molecule has 1 saturated heterocycles. The molecule has 1 aliphatic rings. The lowest BCUT2D eigenvalue weighted by Crippen LogP contribution is -2.46. The SMILES string of the molecule is CCCCN(C(=O)C(N)c1cccs1)C1CCS(=O)(=O)C1. The van der Waals surface area contributed by atoms with E-state index in [4.69, 9.17) is 5.73 Å². The van der Waals surface area contributed by atoms with Gasteiger partial charge in [0.2, 0.25) is 5.91 Å². The molecule has 2 N–H and O–H groups in total. The molecule has 2 atom stereocenters. The molecule has 118 valence electrons. The molecular weight excluding hydrogens is 308 g/mol. The van der Waals surface area contributed by atoms with Crippen LogP contribution in [0.5, 0.6) is 0 Å². The van der Waals surface area contributed by atoms with Gasteiger partial charge >= 0.3 is 0 Å². The van der Waals surface area contributed by atoms with Gasteiger partial charge in [0.25, 0.3) is 0 Å². The van der Waals surface area contributed by atoms with Gasteiger partial charge in [0.1, 0.15) is 6.04 Å². The summed E-state index contributed by atoms with van der Waals surface area (Å²) in [5, 5.41) is 1.89. The summed E-state index contributed by atoms with van der Waals surface area (Å²) in [7, 11) is -3.01. The van der Waals surface area contributed by atoms with Crippen LogP contribution in [0.1, 0.15) is 37.1 Å². The Morgan fingerprint density at radius 1 is 1.57 bits per heavy atom. The molecule has 1 aromatic rings. The summed E-state index contributed by atoms with van der Waals surface area (Å²) in [6, 6.07) is 2.80. The van der Waals surface area contributed by atoms with E-state index in [0.29, 0.717) is 13.0 Å². The van der Waals surface area contributed by atoms with Gasteiger partial charge in [-0.1, -0.05) is 19.4 Å². The minimum Gasteiger partial charge on any atom is -0.337 e. The maximum absolute atomic E-state index is 12.7. The fourth-order valence-corrected chi connectivity index (χ4v) is 5.04.